The second-order valence-corrected chi connectivity index (χ2v) is 5.77. The molecule has 0 atom stereocenters. The molecule has 1 N–H and O–H groups in total. The maximum Gasteiger partial charge on any atom is 0.259 e. The number of halogens is 1. The third-order valence-electron chi connectivity index (χ3n) is 4.54. The molecule has 4 rings (SSSR count). The summed E-state index contributed by atoms with van der Waals surface area (Å²) in [5.74, 6) is -0.0582. The van der Waals surface area contributed by atoms with Gasteiger partial charge in [0.2, 0.25) is 5.22 Å². The molecule has 0 radical (unpaired) electrons. The Morgan fingerprint density at radius 3 is 3.00 bits per heavy atom. The van der Waals surface area contributed by atoms with Crippen LogP contribution in [0.4, 0.5) is 0 Å². The molecule has 1 spiro atoms. The number of nitrogens with one attached hydrogen (secondary N) is 1. The zero-order valence-electron chi connectivity index (χ0n) is 10.9. The summed E-state index contributed by atoms with van der Waals surface area (Å²) in [6.45, 7) is 0.690. The van der Waals surface area contributed by atoms with Crippen LogP contribution in [0, 0.1) is 0 Å². The van der Waals surface area contributed by atoms with E-state index in [0.717, 1.165) is 37.1 Å². The third kappa shape index (κ3) is 1.44. The summed E-state index contributed by atoms with van der Waals surface area (Å²) >= 11 is 5.95. The van der Waals surface area contributed by atoms with Crippen LogP contribution in [0.25, 0.3) is 0 Å². The smallest absolute Gasteiger partial charge is 0.259 e. The van der Waals surface area contributed by atoms with Gasteiger partial charge in [-0.05, 0) is 36.9 Å². The van der Waals surface area contributed by atoms with Gasteiger partial charge in [0.1, 0.15) is 0 Å². The SMILES string of the molecule is O=C(c1ccoc1Cl)N1CCc2[nH]cnc2C12CCC2. The first kappa shape index (κ1) is 12.0. The number of aromatic nitrogens is 2. The average Bonchev–Trinajstić information content (AvgIpc) is 3.02. The van der Waals surface area contributed by atoms with E-state index >= 15 is 0 Å². The van der Waals surface area contributed by atoms with Crippen LogP contribution in [-0.4, -0.2) is 27.3 Å². The van der Waals surface area contributed by atoms with E-state index in [1.165, 1.54) is 6.26 Å². The first-order chi connectivity index (χ1) is 9.72. The molecule has 20 heavy (non-hydrogen) atoms. The molecule has 0 saturated heterocycles. The molecule has 5 nitrogen and oxygen atoms in total. The van der Waals surface area contributed by atoms with Crippen molar-refractivity contribution in [3.63, 3.8) is 0 Å². The number of hydrogen-bond acceptors (Lipinski definition) is 3. The maximum atomic E-state index is 12.8. The highest BCUT2D eigenvalue weighted by molar-refractivity contribution is 6.32. The van der Waals surface area contributed by atoms with Crippen molar-refractivity contribution in [2.75, 3.05) is 6.54 Å². The number of rotatable bonds is 1. The molecule has 104 valence electrons. The van der Waals surface area contributed by atoms with E-state index in [1.807, 2.05) is 4.90 Å². The summed E-state index contributed by atoms with van der Waals surface area (Å²) in [5.41, 5.74) is 2.39. The molecule has 2 aromatic rings. The lowest BCUT2D eigenvalue weighted by Crippen LogP contribution is -2.57. The number of carbonyl (C=O) groups excluding carboxylic acids is 1. The average molecular weight is 292 g/mol. The number of nitrogens with zero attached hydrogens (tertiary/aromatic N) is 2. The first-order valence-corrected chi connectivity index (χ1v) is 7.18. The Bertz CT molecular complexity index is 672. The van der Waals surface area contributed by atoms with Gasteiger partial charge in [0.05, 0.1) is 29.4 Å². The lowest BCUT2D eigenvalue weighted by molar-refractivity contribution is 0.00452. The van der Waals surface area contributed by atoms with Crippen molar-refractivity contribution >= 4 is 17.5 Å². The Morgan fingerprint density at radius 1 is 1.50 bits per heavy atom. The van der Waals surface area contributed by atoms with Gasteiger partial charge in [0.25, 0.3) is 5.91 Å². The molecule has 1 amide bonds. The van der Waals surface area contributed by atoms with Gasteiger partial charge in [0, 0.05) is 18.7 Å². The van der Waals surface area contributed by atoms with Crippen LogP contribution in [0.5, 0.6) is 0 Å². The maximum absolute atomic E-state index is 12.8. The minimum Gasteiger partial charge on any atom is -0.452 e. The van der Waals surface area contributed by atoms with Gasteiger partial charge in [-0.25, -0.2) is 4.98 Å². The van der Waals surface area contributed by atoms with Crippen molar-refractivity contribution in [1.29, 1.82) is 0 Å². The Balaban J connectivity index is 1.76. The van der Waals surface area contributed by atoms with Crippen LogP contribution in [0.3, 0.4) is 0 Å². The zero-order chi connectivity index (χ0) is 13.7. The van der Waals surface area contributed by atoms with Crippen LogP contribution in [0.1, 0.15) is 41.0 Å². The molecular weight excluding hydrogens is 278 g/mol. The topological polar surface area (TPSA) is 62.1 Å². The second kappa shape index (κ2) is 4.12. The van der Waals surface area contributed by atoms with Crippen LogP contribution >= 0.6 is 11.6 Å². The van der Waals surface area contributed by atoms with Gasteiger partial charge in [-0.3, -0.25) is 4.79 Å². The molecule has 2 aliphatic rings. The quantitative estimate of drug-likeness (QED) is 0.879. The van der Waals surface area contributed by atoms with Gasteiger partial charge in [0.15, 0.2) is 0 Å². The van der Waals surface area contributed by atoms with E-state index < -0.39 is 0 Å². The number of aromatic amines is 1. The number of H-pyrrole nitrogens is 1. The van der Waals surface area contributed by atoms with Crippen molar-refractivity contribution in [2.24, 2.45) is 0 Å². The highest BCUT2D eigenvalue weighted by Crippen LogP contribution is 2.49. The van der Waals surface area contributed by atoms with Gasteiger partial charge < -0.3 is 14.3 Å². The normalized spacial score (nSPS) is 19.8. The standard InChI is InChI=1S/C14H14ClN3O2/c15-12-9(3-7-20-12)13(19)18-6-2-10-11(17-8-16-10)14(18)4-1-5-14/h3,7-8H,1-2,4-6H2,(H,16,17). The highest BCUT2D eigenvalue weighted by atomic mass is 35.5. The summed E-state index contributed by atoms with van der Waals surface area (Å²) in [7, 11) is 0. The van der Waals surface area contributed by atoms with E-state index in [0.29, 0.717) is 12.1 Å². The van der Waals surface area contributed by atoms with Crippen molar-refractivity contribution in [3.8, 4) is 0 Å². The molecule has 3 heterocycles. The van der Waals surface area contributed by atoms with Crippen LogP contribution in [0.2, 0.25) is 5.22 Å². The van der Waals surface area contributed by atoms with E-state index in [4.69, 9.17) is 16.0 Å². The lowest BCUT2D eigenvalue weighted by Gasteiger charge is -2.51. The molecule has 1 aliphatic carbocycles. The Hall–Kier alpha value is -1.75. The molecule has 1 aliphatic heterocycles. The van der Waals surface area contributed by atoms with Crippen molar-refractivity contribution in [3.05, 3.63) is 40.8 Å². The fourth-order valence-corrected chi connectivity index (χ4v) is 3.58. The highest BCUT2D eigenvalue weighted by Gasteiger charge is 2.51. The number of hydrogen-bond donors (Lipinski definition) is 1. The summed E-state index contributed by atoms with van der Waals surface area (Å²) < 4.78 is 5.05. The Morgan fingerprint density at radius 2 is 2.35 bits per heavy atom. The Kier molecular flexibility index (Phi) is 2.48. The number of fused-ring (bicyclic) bond motifs is 2. The summed E-state index contributed by atoms with van der Waals surface area (Å²) in [6, 6.07) is 1.64. The molecule has 0 bridgehead atoms. The third-order valence-corrected chi connectivity index (χ3v) is 4.83. The van der Waals surface area contributed by atoms with E-state index in [-0.39, 0.29) is 16.7 Å². The monoisotopic (exact) mass is 291 g/mol. The predicted octanol–water partition coefficient (Wildman–Crippen LogP) is 2.73. The fraction of sp³-hybridized carbons (Fsp3) is 0.429. The van der Waals surface area contributed by atoms with E-state index in [9.17, 15) is 4.79 Å². The van der Waals surface area contributed by atoms with E-state index in [2.05, 4.69) is 9.97 Å². The fourth-order valence-electron chi connectivity index (χ4n) is 3.38. The largest absolute Gasteiger partial charge is 0.452 e. The molecule has 2 aromatic heterocycles. The Labute approximate surface area is 120 Å². The molecule has 0 unspecified atom stereocenters. The van der Waals surface area contributed by atoms with Crippen molar-refractivity contribution < 1.29 is 9.21 Å². The van der Waals surface area contributed by atoms with Crippen molar-refractivity contribution in [1.82, 2.24) is 14.9 Å². The lowest BCUT2D eigenvalue weighted by atomic mass is 9.70. The summed E-state index contributed by atoms with van der Waals surface area (Å²) in [4.78, 5) is 22.3. The summed E-state index contributed by atoms with van der Waals surface area (Å²) in [5, 5.41) is 0.164. The zero-order valence-corrected chi connectivity index (χ0v) is 11.6. The summed E-state index contributed by atoms with van der Waals surface area (Å²) in [6.07, 6.45) is 7.03. The van der Waals surface area contributed by atoms with Crippen LogP contribution < -0.4 is 0 Å². The van der Waals surface area contributed by atoms with Gasteiger partial charge >= 0.3 is 0 Å². The molecular formula is C14H14ClN3O2. The minimum atomic E-state index is -0.245. The molecule has 6 heteroatoms. The minimum absolute atomic E-state index is 0.0582. The van der Waals surface area contributed by atoms with Gasteiger partial charge in [-0.15, -0.1) is 0 Å². The number of amides is 1. The number of furan rings is 1. The predicted molar refractivity (Wildman–Crippen MR) is 72.6 cm³/mol. The first-order valence-electron chi connectivity index (χ1n) is 6.80. The van der Waals surface area contributed by atoms with E-state index in [1.54, 1.807) is 12.4 Å². The van der Waals surface area contributed by atoms with Crippen molar-refractivity contribution in [2.45, 2.75) is 31.2 Å². The second-order valence-electron chi connectivity index (χ2n) is 5.43. The molecule has 1 saturated carbocycles. The molecule has 1 fully saturated rings. The van der Waals surface area contributed by atoms with Crippen LogP contribution in [0.15, 0.2) is 23.1 Å². The van der Waals surface area contributed by atoms with Gasteiger partial charge in [-0.2, -0.15) is 0 Å². The number of carbonyl (C=O) groups is 1. The molecule has 0 aromatic carbocycles. The number of imidazole rings is 1. The van der Waals surface area contributed by atoms with Gasteiger partial charge in [-0.1, -0.05) is 0 Å². The van der Waals surface area contributed by atoms with Crippen LogP contribution in [-0.2, 0) is 12.0 Å².